The fourth-order valence-electron chi connectivity index (χ4n) is 2.27. The molecule has 0 N–H and O–H groups in total. The molecule has 19 heavy (non-hydrogen) atoms. The topological polar surface area (TPSA) is 63.5 Å². The van der Waals surface area contributed by atoms with Crippen LogP contribution in [0.5, 0.6) is 0 Å². The molecule has 1 amide bonds. The minimum absolute atomic E-state index is 0.0343. The number of rotatable bonds is 3. The first-order valence-corrected chi connectivity index (χ1v) is 6.03. The van der Waals surface area contributed by atoms with Crippen LogP contribution in [0, 0.1) is 28.4 Å². The molecule has 2 atom stereocenters. The molecule has 0 spiro atoms. The Labute approximate surface area is 111 Å². The lowest BCUT2D eigenvalue weighted by atomic mass is 10.1. The molecule has 1 saturated heterocycles. The largest absolute Gasteiger partial charge is 0.335 e. The standard InChI is InChI=1S/C14H14N2O3/c1-3-11-8-14(17)15(9-11)10(2)12-4-6-13(7-5-12)16(18)19/h1,4-7,10-11H,8-9H2,2H3/t10-,11?/m0/s1. The van der Waals surface area contributed by atoms with Crippen LogP contribution in [0.25, 0.3) is 0 Å². The molecule has 0 saturated carbocycles. The lowest BCUT2D eigenvalue weighted by molar-refractivity contribution is -0.384. The van der Waals surface area contributed by atoms with E-state index in [9.17, 15) is 14.9 Å². The molecule has 0 radical (unpaired) electrons. The van der Waals surface area contributed by atoms with Gasteiger partial charge in [-0.05, 0) is 12.5 Å². The SMILES string of the molecule is C#CC1CC(=O)N([C@@H](C)c2ccc([N+](=O)[O-])cc2)C1. The first-order chi connectivity index (χ1) is 9.02. The van der Waals surface area contributed by atoms with E-state index in [-0.39, 0.29) is 23.6 Å². The molecule has 1 aromatic rings. The van der Waals surface area contributed by atoms with Gasteiger partial charge in [-0.2, -0.15) is 0 Å². The van der Waals surface area contributed by atoms with Gasteiger partial charge in [0.25, 0.3) is 5.69 Å². The summed E-state index contributed by atoms with van der Waals surface area (Å²) < 4.78 is 0. The Hall–Kier alpha value is -2.35. The van der Waals surface area contributed by atoms with Crippen LogP contribution < -0.4 is 0 Å². The van der Waals surface area contributed by atoms with Crippen molar-refractivity contribution in [3.8, 4) is 12.3 Å². The van der Waals surface area contributed by atoms with Gasteiger partial charge < -0.3 is 4.90 Å². The van der Waals surface area contributed by atoms with Crippen molar-refractivity contribution in [1.82, 2.24) is 4.90 Å². The van der Waals surface area contributed by atoms with Gasteiger partial charge in [0.1, 0.15) is 0 Å². The summed E-state index contributed by atoms with van der Waals surface area (Å²) in [6.45, 7) is 2.45. The summed E-state index contributed by atoms with van der Waals surface area (Å²) in [5.74, 6) is 2.60. The summed E-state index contributed by atoms with van der Waals surface area (Å²) in [6.07, 6.45) is 5.73. The average molecular weight is 258 g/mol. The third-order valence-corrected chi connectivity index (χ3v) is 3.45. The van der Waals surface area contributed by atoms with Crippen molar-refractivity contribution in [3.05, 3.63) is 39.9 Å². The van der Waals surface area contributed by atoms with Gasteiger partial charge in [-0.15, -0.1) is 12.3 Å². The molecule has 1 aromatic carbocycles. The number of hydrogen-bond donors (Lipinski definition) is 0. The third kappa shape index (κ3) is 2.58. The molecule has 1 aliphatic rings. The van der Waals surface area contributed by atoms with Crippen LogP contribution in [0.4, 0.5) is 5.69 Å². The third-order valence-electron chi connectivity index (χ3n) is 3.45. The van der Waals surface area contributed by atoms with Gasteiger partial charge in [0.15, 0.2) is 0 Å². The Morgan fingerprint density at radius 3 is 2.58 bits per heavy atom. The van der Waals surface area contributed by atoms with Crippen LogP contribution in [0.2, 0.25) is 0 Å². The number of non-ortho nitro benzene ring substituents is 1. The van der Waals surface area contributed by atoms with Crippen LogP contribution in [-0.2, 0) is 4.79 Å². The second-order valence-corrected chi connectivity index (χ2v) is 4.64. The van der Waals surface area contributed by atoms with E-state index in [0.29, 0.717) is 13.0 Å². The zero-order valence-corrected chi connectivity index (χ0v) is 10.6. The maximum Gasteiger partial charge on any atom is 0.269 e. The summed E-state index contributed by atoms with van der Waals surface area (Å²) >= 11 is 0. The monoisotopic (exact) mass is 258 g/mol. The number of terminal acetylenes is 1. The molecular weight excluding hydrogens is 244 g/mol. The number of nitrogens with zero attached hydrogens (tertiary/aromatic N) is 2. The predicted octanol–water partition coefficient (Wildman–Crippen LogP) is 2.14. The maximum absolute atomic E-state index is 11.9. The summed E-state index contributed by atoms with van der Waals surface area (Å²) in [5.41, 5.74) is 0.918. The van der Waals surface area contributed by atoms with Crippen LogP contribution in [0.15, 0.2) is 24.3 Å². The Bertz CT molecular complexity index is 545. The number of hydrogen-bond acceptors (Lipinski definition) is 3. The van der Waals surface area contributed by atoms with E-state index >= 15 is 0 Å². The number of benzene rings is 1. The summed E-state index contributed by atoms with van der Waals surface area (Å²) in [6, 6.07) is 6.14. The Morgan fingerprint density at radius 2 is 2.11 bits per heavy atom. The molecule has 5 heteroatoms. The second-order valence-electron chi connectivity index (χ2n) is 4.64. The van der Waals surface area contributed by atoms with E-state index in [0.717, 1.165) is 5.56 Å². The fraction of sp³-hybridized carbons (Fsp3) is 0.357. The Kier molecular flexibility index (Phi) is 3.52. The van der Waals surface area contributed by atoms with E-state index in [4.69, 9.17) is 6.42 Å². The average Bonchev–Trinajstić information content (AvgIpc) is 2.79. The fourth-order valence-corrected chi connectivity index (χ4v) is 2.27. The van der Waals surface area contributed by atoms with Crippen molar-refractivity contribution < 1.29 is 9.72 Å². The summed E-state index contributed by atoms with van der Waals surface area (Å²) in [7, 11) is 0. The highest BCUT2D eigenvalue weighted by Crippen LogP contribution is 2.28. The van der Waals surface area contributed by atoms with Crippen LogP contribution in [0.1, 0.15) is 24.9 Å². The zero-order chi connectivity index (χ0) is 14.0. The van der Waals surface area contributed by atoms with E-state index in [1.165, 1.54) is 12.1 Å². The molecule has 98 valence electrons. The lowest BCUT2D eigenvalue weighted by Crippen LogP contribution is -2.28. The van der Waals surface area contributed by atoms with E-state index in [1.54, 1.807) is 17.0 Å². The van der Waals surface area contributed by atoms with Gasteiger partial charge in [-0.3, -0.25) is 14.9 Å². The van der Waals surface area contributed by atoms with E-state index in [1.807, 2.05) is 6.92 Å². The minimum Gasteiger partial charge on any atom is -0.335 e. The van der Waals surface area contributed by atoms with Gasteiger partial charge in [-0.25, -0.2) is 0 Å². The highest BCUT2D eigenvalue weighted by atomic mass is 16.6. The Balaban J connectivity index is 2.16. The predicted molar refractivity (Wildman–Crippen MR) is 70.2 cm³/mol. The number of nitro benzene ring substituents is 1. The molecule has 0 aromatic heterocycles. The summed E-state index contributed by atoms with van der Waals surface area (Å²) in [4.78, 5) is 23.7. The number of carbonyl (C=O) groups excluding carboxylic acids is 1. The molecule has 5 nitrogen and oxygen atoms in total. The van der Waals surface area contributed by atoms with Crippen molar-refractivity contribution in [2.45, 2.75) is 19.4 Å². The number of amides is 1. The van der Waals surface area contributed by atoms with Gasteiger partial charge in [-0.1, -0.05) is 12.1 Å². The van der Waals surface area contributed by atoms with E-state index in [2.05, 4.69) is 5.92 Å². The van der Waals surface area contributed by atoms with Gasteiger partial charge in [0, 0.05) is 31.0 Å². The van der Waals surface area contributed by atoms with Gasteiger partial charge >= 0.3 is 0 Å². The molecule has 0 aliphatic carbocycles. The number of nitro groups is 1. The smallest absolute Gasteiger partial charge is 0.269 e. The Morgan fingerprint density at radius 1 is 1.47 bits per heavy atom. The normalized spacial score (nSPS) is 20.1. The van der Waals surface area contributed by atoms with Crippen molar-refractivity contribution in [1.29, 1.82) is 0 Å². The van der Waals surface area contributed by atoms with Gasteiger partial charge in [0.05, 0.1) is 11.0 Å². The first kappa shape index (κ1) is 13.1. The zero-order valence-electron chi connectivity index (χ0n) is 10.6. The number of likely N-dealkylation sites (tertiary alicyclic amines) is 1. The molecular formula is C14H14N2O3. The quantitative estimate of drug-likeness (QED) is 0.474. The molecule has 1 unspecified atom stereocenters. The highest BCUT2D eigenvalue weighted by Gasteiger charge is 2.32. The van der Waals surface area contributed by atoms with Crippen LogP contribution >= 0.6 is 0 Å². The molecule has 0 bridgehead atoms. The van der Waals surface area contributed by atoms with Crippen molar-refractivity contribution in [3.63, 3.8) is 0 Å². The highest BCUT2D eigenvalue weighted by molar-refractivity contribution is 5.79. The van der Waals surface area contributed by atoms with Crippen LogP contribution in [0.3, 0.4) is 0 Å². The second kappa shape index (κ2) is 5.11. The molecule has 1 heterocycles. The van der Waals surface area contributed by atoms with Crippen molar-refractivity contribution in [2.24, 2.45) is 5.92 Å². The maximum atomic E-state index is 11.9. The lowest BCUT2D eigenvalue weighted by Gasteiger charge is -2.24. The molecule has 2 rings (SSSR count). The minimum atomic E-state index is -0.441. The first-order valence-electron chi connectivity index (χ1n) is 6.03. The molecule has 1 fully saturated rings. The number of carbonyl (C=O) groups is 1. The van der Waals surface area contributed by atoms with Gasteiger partial charge in [0.2, 0.25) is 5.91 Å². The van der Waals surface area contributed by atoms with Crippen LogP contribution in [-0.4, -0.2) is 22.3 Å². The molecule has 1 aliphatic heterocycles. The van der Waals surface area contributed by atoms with Crippen molar-refractivity contribution >= 4 is 11.6 Å². The summed E-state index contributed by atoms with van der Waals surface area (Å²) in [5, 5.41) is 10.6. The van der Waals surface area contributed by atoms with Crippen molar-refractivity contribution in [2.75, 3.05) is 6.54 Å². The van der Waals surface area contributed by atoms with E-state index < -0.39 is 4.92 Å².